The van der Waals surface area contributed by atoms with Gasteiger partial charge in [0, 0.05) is 12.1 Å². The highest BCUT2D eigenvalue weighted by Crippen LogP contribution is 2.36. The number of ketones is 2. The van der Waals surface area contributed by atoms with Gasteiger partial charge in [-0.05, 0) is 12.3 Å². The summed E-state index contributed by atoms with van der Waals surface area (Å²) in [6.45, 7) is 4.74. The van der Waals surface area contributed by atoms with Crippen LogP contribution in [0.25, 0.3) is 0 Å². The van der Waals surface area contributed by atoms with Crippen molar-refractivity contribution in [1.82, 2.24) is 9.55 Å². The van der Waals surface area contributed by atoms with Gasteiger partial charge >= 0.3 is 0 Å². The molecule has 0 amide bonds. The van der Waals surface area contributed by atoms with Crippen molar-refractivity contribution < 1.29 is 9.59 Å². The molecule has 0 fully saturated rings. The number of fused-ring (bicyclic) bond motifs is 2. The van der Waals surface area contributed by atoms with Crippen molar-refractivity contribution in [3.8, 4) is 0 Å². The Morgan fingerprint density at radius 3 is 2.89 bits per heavy atom. The zero-order valence-corrected chi connectivity index (χ0v) is 11.1. The minimum Gasteiger partial charge on any atom is -0.328 e. The van der Waals surface area contributed by atoms with Crippen LogP contribution in [0.5, 0.6) is 0 Å². The van der Waals surface area contributed by atoms with Crippen LogP contribution >= 0.6 is 0 Å². The van der Waals surface area contributed by atoms with Crippen molar-refractivity contribution in [1.29, 1.82) is 0 Å². The normalized spacial score (nSPS) is 25.1. The minimum atomic E-state index is -0.336. The molecule has 4 nitrogen and oxygen atoms in total. The number of hydrogen-bond donors (Lipinski definition) is 0. The number of imidazole rings is 1. The van der Waals surface area contributed by atoms with Crippen LogP contribution in [-0.4, -0.2) is 21.1 Å². The zero-order valence-electron chi connectivity index (χ0n) is 11.1. The fourth-order valence-corrected chi connectivity index (χ4v) is 2.93. The Bertz CT molecular complexity index is 622. The molecular weight excluding hydrogens is 240 g/mol. The Kier molecular flexibility index (Phi) is 2.73. The second-order valence-corrected chi connectivity index (χ2v) is 5.17. The number of carbonyl (C=O) groups is 2. The van der Waals surface area contributed by atoms with Gasteiger partial charge < -0.3 is 4.57 Å². The molecule has 0 radical (unpaired) electrons. The fraction of sp³-hybridized carbons (Fsp3) is 0.400. The number of carbonyl (C=O) groups excluding carboxylic acids is 2. The van der Waals surface area contributed by atoms with Gasteiger partial charge in [-0.15, -0.1) is 0 Å². The van der Waals surface area contributed by atoms with E-state index in [0.717, 1.165) is 13.0 Å². The predicted molar refractivity (Wildman–Crippen MR) is 71.1 cm³/mol. The molecule has 4 heteroatoms. The molecule has 0 aromatic carbocycles. The zero-order chi connectivity index (χ0) is 13.6. The smallest absolute Gasteiger partial charge is 0.210 e. The van der Waals surface area contributed by atoms with E-state index in [1.807, 2.05) is 30.6 Å². The highest BCUT2D eigenvalue weighted by Gasteiger charge is 2.42. The first-order valence-electron chi connectivity index (χ1n) is 6.67. The van der Waals surface area contributed by atoms with Crippen LogP contribution in [0.4, 0.5) is 0 Å². The Morgan fingerprint density at radius 2 is 2.16 bits per heavy atom. The molecule has 2 unspecified atom stereocenters. The molecule has 1 heterocycles. The average molecular weight is 256 g/mol. The van der Waals surface area contributed by atoms with Crippen LogP contribution in [0.1, 0.15) is 41.2 Å². The molecule has 0 saturated heterocycles. The van der Waals surface area contributed by atoms with Gasteiger partial charge in [-0.25, -0.2) is 4.98 Å². The Hall–Kier alpha value is -1.97. The second kappa shape index (κ2) is 4.30. The monoisotopic (exact) mass is 256 g/mol. The number of aromatic nitrogens is 2. The Balaban J connectivity index is 2.16. The molecule has 98 valence electrons. The van der Waals surface area contributed by atoms with Crippen LogP contribution in [0, 0.1) is 11.8 Å². The van der Waals surface area contributed by atoms with Crippen molar-refractivity contribution in [2.75, 3.05) is 0 Å². The maximum Gasteiger partial charge on any atom is 0.210 e. The van der Waals surface area contributed by atoms with Crippen LogP contribution in [0.2, 0.25) is 0 Å². The SMILES string of the molecule is CCCn1cnc2c1C(=O)C1C(=CC=CC1C)C2=O. The topological polar surface area (TPSA) is 52.0 Å². The highest BCUT2D eigenvalue weighted by molar-refractivity contribution is 6.22. The van der Waals surface area contributed by atoms with Crippen molar-refractivity contribution in [3.63, 3.8) is 0 Å². The van der Waals surface area contributed by atoms with Crippen molar-refractivity contribution >= 4 is 11.6 Å². The number of Topliss-reactive ketones (excluding diaryl/α,β-unsaturated/α-hetero) is 2. The van der Waals surface area contributed by atoms with E-state index in [0.29, 0.717) is 17.0 Å². The number of aryl methyl sites for hydroxylation is 1. The lowest BCUT2D eigenvalue weighted by molar-refractivity contribution is 0.0850. The van der Waals surface area contributed by atoms with Crippen molar-refractivity contribution in [2.24, 2.45) is 11.8 Å². The van der Waals surface area contributed by atoms with Crippen LogP contribution in [-0.2, 0) is 6.54 Å². The lowest BCUT2D eigenvalue weighted by Gasteiger charge is -2.29. The van der Waals surface area contributed by atoms with E-state index in [9.17, 15) is 9.59 Å². The summed E-state index contributed by atoms with van der Waals surface area (Å²) in [5.74, 6) is -0.332. The van der Waals surface area contributed by atoms with Gasteiger partial charge in [0.05, 0.1) is 12.2 Å². The predicted octanol–water partition coefficient (Wildman–Crippen LogP) is 2.42. The number of nitrogens with zero attached hydrogens (tertiary/aromatic N) is 2. The summed E-state index contributed by atoms with van der Waals surface area (Å²) in [5, 5.41) is 0. The van der Waals surface area contributed by atoms with Gasteiger partial charge in [0.15, 0.2) is 5.78 Å². The number of allylic oxidation sites excluding steroid dienone is 4. The summed E-state index contributed by atoms with van der Waals surface area (Å²) in [4.78, 5) is 29.3. The van der Waals surface area contributed by atoms with E-state index in [4.69, 9.17) is 0 Å². The van der Waals surface area contributed by atoms with E-state index in [1.165, 1.54) is 0 Å². The third-order valence-corrected chi connectivity index (χ3v) is 3.85. The molecule has 0 N–H and O–H groups in total. The summed E-state index contributed by atoms with van der Waals surface area (Å²) >= 11 is 0. The first kappa shape index (κ1) is 12.1. The number of hydrogen-bond acceptors (Lipinski definition) is 3. The average Bonchev–Trinajstić information content (AvgIpc) is 2.80. The van der Waals surface area contributed by atoms with E-state index in [2.05, 4.69) is 4.98 Å². The second-order valence-electron chi connectivity index (χ2n) is 5.17. The summed E-state index contributed by atoms with van der Waals surface area (Å²) < 4.78 is 1.82. The quantitative estimate of drug-likeness (QED) is 0.816. The van der Waals surface area contributed by atoms with E-state index >= 15 is 0 Å². The molecule has 1 aromatic heterocycles. The summed E-state index contributed by atoms with van der Waals surface area (Å²) in [6, 6.07) is 0. The highest BCUT2D eigenvalue weighted by atomic mass is 16.1. The fourth-order valence-electron chi connectivity index (χ4n) is 2.93. The van der Waals surface area contributed by atoms with Crippen LogP contribution in [0.15, 0.2) is 30.1 Å². The molecule has 1 aromatic rings. The molecule has 2 aliphatic rings. The molecule has 0 saturated carbocycles. The number of rotatable bonds is 2. The molecule has 2 atom stereocenters. The molecule has 0 aliphatic heterocycles. The Morgan fingerprint density at radius 1 is 1.37 bits per heavy atom. The largest absolute Gasteiger partial charge is 0.328 e. The van der Waals surface area contributed by atoms with Crippen LogP contribution < -0.4 is 0 Å². The Labute approximate surface area is 111 Å². The van der Waals surface area contributed by atoms with Crippen molar-refractivity contribution in [3.05, 3.63) is 41.5 Å². The minimum absolute atomic E-state index is 0.0312. The van der Waals surface area contributed by atoms with Gasteiger partial charge in [-0.2, -0.15) is 0 Å². The first-order valence-corrected chi connectivity index (χ1v) is 6.67. The molecule has 0 bridgehead atoms. The van der Waals surface area contributed by atoms with E-state index in [1.54, 1.807) is 12.4 Å². The summed E-state index contributed by atoms with van der Waals surface area (Å²) in [5.41, 5.74) is 1.41. The van der Waals surface area contributed by atoms with Gasteiger partial charge in [-0.1, -0.05) is 32.1 Å². The van der Waals surface area contributed by atoms with E-state index < -0.39 is 0 Å². The summed E-state index contributed by atoms with van der Waals surface area (Å²) in [6.07, 6.45) is 8.11. The standard InChI is InChI=1S/C15H16N2O2/c1-3-7-17-8-16-12-13(17)15(19)11-9(2)5-4-6-10(11)14(12)18/h4-6,8-9,11H,3,7H2,1-2H3. The maximum absolute atomic E-state index is 12.7. The molecule has 19 heavy (non-hydrogen) atoms. The van der Waals surface area contributed by atoms with Crippen LogP contribution in [0.3, 0.4) is 0 Å². The third kappa shape index (κ3) is 1.63. The van der Waals surface area contributed by atoms with Gasteiger partial charge in [-0.3, -0.25) is 9.59 Å². The molecule has 3 rings (SSSR count). The molecule has 2 aliphatic carbocycles. The van der Waals surface area contributed by atoms with E-state index in [-0.39, 0.29) is 23.4 Å². The van der Waals surface area contributed by atoms with Gasteiger partial charge in [0.25, 0.3) is 0 Å². The summed E-state index contributed by atoms with van der Waals surface area (Å²) in [7, 11) is 0. The van der Waals surface area contributed by atoms with Gasteiger partial charge in [0.1, 0.15) is 11.4 Å². The first-order chi connectivity index (χ1) is 9.15. The van der Waals surface area contributed by atoms with Gasteiger partial charge in [0.2, 0.25) is 5.78 Å². The molecular formula is C15H16N2O2. The lowest BCUT2D eigenvalue weighted by atomic mass is 9.73. The maximum atomic E-state index is 12.7. The molecule has 0 spiro atoms. The lowest BCUT2D eigenvalue weighted by Crippen LogP contribution is -2.35. The third-order valence-electron chi connectivity index (χ3n) is 3.85. The van der Waals surface area contributed by atoms with Crippen molar-refractivity contribution in [2.45, 2.75) is 26.8 Å².